The number of likely N-dealkylation sites (N-methyl/N-ethyl adjacent to an activating group) is 2. The molecule has 1 aliphatic heterocycles. The molecule has 7 nitrogen and oxygen atoms in total. The van der Waals surface area contributed by atoms with Crippen LogP contribution >= 0.6 is 0 Å². The number of ether oxygens (including phenoxy) is 3. The lowest BCUT2D eigenvalue weighted by Gasteiger charge is -2.37. The fourth-order valence-electron chi connectivity index (χ4n) is 3.32. The van der Waals surface area contributed by atoms with Crippen molar-refractivity contribution >= 4 is 15.7 Å². The largest absolute Gasteiger partial charge is 0.493 e. The fraction of sp³-hybridized carbons (Fsp3) is 0.400. The Labute approximate surface area is 166 Å². The van der Waals surface area contributed by atoms with Crippen LogP contribution in [0.25, 0.3) is 0 Å². The third-order valence-electron chi connectivity index (χ3n) is 4.83. The number of anilines is 1. The average Bonchev–Trinajstić information content (AvgIpc) is 2.72. The average molecular weight is 407 g/mol. The van der Waals surface area contributed by atoms with Crippen molar-refractivity contribution in [2.24, 2.45) is 0 Å². The highest BCUT2D eigenvalue weighted by Gasteiger charge is 2.30. The lowest BCUT2D eigenvalue weighted by molar-refractivity contribution is 0.171. The van der Waals surface area contributed by atoms with Gasteiger partial charge < -0.3 is 19.1 Å². The van der Waals surface area contributed by atoms with E-state index in [2.05, 4.69) is 11.8 Å². The van der Waals surface area contributed by atoms with Crippen molar-refractivity contribution in [3.63, 3.8) is 0 Å². The summed E-state index contributed by atoms with van der Waals surface area (Å²) in [6, 6.07) is 12.4. The summed E-state index contributed by atoms with van der Waals surface area (Å²) in [7, 11) is 0.850. The summed E-state index contributed by atoms with van der Waals surface area (Å²) >= 11 is 0. The number of fused-ring (bicyclic) bond motifs is 1. The Morgan fingerprint density at radius 3 is 2.54 bits per heavy atom. The molecule has 0 aromatic heterocycles. The first kappa shape index (κ1) is 20.3. The van der Waals surface area contributed by atoms with E-state index in [4.69, 9.17) is 14.2 Å². The van der Waals surface area contributed by atoms with Gasteiger partial charge in [-0.1, -0.05) is 12.1 Å². The van der Waals surface area contributed by atoms with Gasteiger partial charge in [0, 0.05) is 19.7 Å². The van der Waals surface area contributed by atoms with Crippen molar-refractivity contribution in [3.05, 3.63) is 42.5 Å². The summed E-state index contributed by atoms with van der Waals surface area (Å²) in [5.41, 5.74) is 1.03. The molecular formula is C20H26N2O5S. The maximum absolute atomic E-state index is 13.0. The van der Waals surface area contributed by atoms with E-state index in [-0.39, 0.29) is 17.5 Å². The smallest absolute Gasteiger partial charge is 0.243 e. The molecule has 8 heteroatoms. The van der Waals surface area contributed by atoms with E-state index >= 15 is 0 Å². The zero-order chi connectivity index (χ0) is 20.3. The molecule has 0 aliphatic carbocycles. The molecular weight excluding hydrogens is 380 g/mol. The van der Waals surface area contributed by atoms with Gasteiger partial charge in [-0.2, -0.15) is 4.31 Å². The van der Waals surface area contributed by atoms with Gasteiger partial charge in [0.05, 0.1) is 37.9 Å². The molecule has 28 heavy (non-hydrogen) atoms. The molecule has 2 aromatic carbocycles. The molecule has 0 radical (unpaired) electrons. The van der Waals surface area contributed by atoms with Crippen LogP contribution in [0.1, 0.15) is 6.92 Å². The third kappa shape index (κ3) is 3.88. The highest BCUT2D eigenvalue weighted by Crippen LogP contribution is 2.34. The van der Waals surface area contributed by atoms with E-state index < -0.39 is 10.0 Å². The van der Waals surface area contributed by atoms with Crippen LogP contribution in [0.5, 0.6) is 17.2 Å². The second kappa shape index (κ2) is 8.28. The molecule has 1 atom stereocenters. The van der Waals surface area contributed by atoms with Gasteiger partial charge in [0.2, 0.25) is 10.0 Å². The van der Waals surface area contributed by atoms with E-state index in [0.717, 1.165) is 18.0 Å². The van der Waals surface area contributed by atoms with Gasteiger partial charge in [0.25, 0.3) is 0 Å². The van der Waals surface area contributed by atoms with E-state index in [0.29, 0.717) is 18.0 Å². The minimum Gasteiger partial charge on any atom is -0.493 e. The summed E-state index contributed by atoms with van der Waals surface area (Å²) in [6.45, 7) is 3.76. The van der Waals surface area contributed by atoms with Gasteiger partial charge in [-0.25, -0.2) is 8.42 Å². The Kier molecular flexibility index (Phi) is 6.00. The minimum absolute atomic E-state index is 0.149. The Morgan fingerprint density at radius 2 is 1.86 bits per heavy atom. The molecule has 1 heterocycles. The van der Waals surface area contributed by atoms with Crippen molar-refractivity contribution in [2.45, 2.75) is 17.9 Å². The molecule has 0 spiro atoms. The predicted molar refractivity (Wildman–Crippen MR) is 108 cm³/mol. The number of rotatable bonds is 7. The van der Waals surface area contributed by atoms with Gasteiger partial charge >= 0.3 is 0 Å². The molecule has 3 rings (SSSR count). The second-order valence-corrected chi connectivity index (χ2v) is 8.59. The van der Waals surface area contributed by atoms with Crippen LogP contribution in [0.2, 0.25) is 0 Å². The Morgan fingerprint density at radius 1 is 1.14 bits per heavy atom. The van der Waals surface area contributed by atoms with Crippen LogP contribution in [0.15, 0.2) is 47.4 Å². The molecule has 0 bridgehead atoms. The van der Waals surface area contributed by atoms with Crippen molar-refractivity contribution in [1.29, 1.82) is 0 Å². The summed E-state index contributed by atoms with van der Waals surface area (Å²) in [6.07, 6.45) is -0.269. The van der Waals surface area contributed by atoms with Crippen LogP contribution in [-0.2, 0) is 10.0 Å². The SMILES string of the molecule is CCN1C[C@@H](CN(C)S(=O)(=O)c2ccc(OC)c(OC)c2)Oc2ccccc21. The standard InChI is InChI=1S/C20H26N2O5S/c1-5-22-14-15(27-18-9-7-6-8-17(18)22)13-21(2)28(23,24)16-10-11-19(25-3)20(12-16)26-4/h6-12,15H,5,13-14H2,1-4H3/t15-/m1/s1. The first-order chi connectivity index (χ1) is 13.4. The minimum atomic E-state index is -3.70. The van der Waals surface area contributed by atoms with Gasteiger partial charge in [0.1, 0.15) is 11.9 Å². The fourth-order valence-corrected chi connectivity index (χ4v) is 4.53. The third-order valence-corrected chi connectivity index (χ3v) is 6.65. The van der Waals surface area contributed by atoms with Crippen molar-refractivity contribution in [1.82, 2.24) is 4.31 Å². The number of sulfonamides is 1. The summed E-state index contributed by atoms with van der Waals surface area (Å²) in [5, 5.41) is 0. The zero-order valence-corrected chi connectivity index (χ0v) is 17.4. The molecule has 0 saturated carbocycles. The molecule has 0 amide bonds. The monoisotopic (exact) mass is 406 g/mol. The first-order valence-electron chi connectivity index (χ1n) is 9.09. The van der Waals surface area contributed by atoms with Crippen LogP contribution in [0.4, 0.5) is 5.69 Å². The lowest BCUT2D eigenvalue weighted by Crippen LogP contribution is -2.46. The van der Waals surface area contributed by atoms with Crippen molar-refractivity contribution in [3.8, 4) is 17.2 Å². The number of hydrogen-bond acceptors (Lipinski definition) is 6. The van der Waals surface area contributed by atoms with Crippen molar-refractivity contribution in [2.75, 3.05) is 45.8 Å². The number of para-hydroxylation sites is 2. The Bertz CT molecular complexity index is 932. The number of methoxy groups -OCH3 is 2. The maximum atomic E-state index is 13.0. The van der Waals surface area contributed by atoms with E-state index in [1.165, 1.54) is 30.7 Å². The van der Waals surface area contributed by atoms with Crippen LogP contribution in [-0.4, -0.2) is 59.7 Å². The number of benzene rings is 2. The lowest BCUT2D eigenvalue weighted by atomic mass is 10.2. The normalized spacial score (nSPS) is 16.5. The topological polar surface area (TPSA) is 68.3 Å². The highest BCUT2D eigenvalue weighted by molar-refractivity contribution is 7.89. The Balaban J connectivity index is 1.80. The Hall–Kier alpha value is -2.45. The van der Waals surface area contributed by atoms with Crippen LogP contribution in [0, 0.1) is 0 Å². The summed E-state index contributed by atoms with van der Waals surface area (Å²) in [5.74, 6) is 1.63. The molecule has 0 N–H and O–H groups in total. The van der Waals surface area contributed by atoms with E-state index in [9.17, 15) is 8.42 Å². The molecule has 152 valence electrons. The van der Waals surface area contributed by atoms with E-state index in [1.54, 1.807) is 13.1 Å². The van der Waals surface area contributed by atoms with Crippen LogP contribution in [0.3, 0.4) is 0 Å². The maximum Gasteiger partial charge on any atom is 0.243 e. The number of hydrogen-bond donors (Lipinski definition) is 0. The summed E-state index contributed by atoms with van der Waals surface area (Å²) in [4.78, 5) is 2.34. The highest BCUT2D eigenvalue weighted by atomic mass is 32.2. The first-order valence-corrected chi connectivity index (χ1v) is 10.5. The van der Waals surface area contributed by atoms with Crippen molar-refractivity contribution < 1.29 is 22.6 Å². The van der Waals surface area contributed by atoms with Gasteiger partial charge in [0.15, 0.2) is 11.5 Å². The number of nitrogens with zero attached hydrogens (tertiary/aromatic N) is 2. The molecule has 0 unspecified atom stereocenters. The molecule has 2 aromatic rings. The van der Waals surface area contributed by atoms with Gasteiger partial charge in [-0.15, -0.1) is 0 Å². The zero-order valence-electron chi connectivity index (χ0n) is 16.6. The molecule has 0 fully saturated rings. The molecule has 0 saturated heterocycles. The summed E-state index contributed by atoms with van der Waals surface area (Å²) < 4.78 is 43.9. The predicted octanol–water partition coefficient (Wildman–Crippen LogP) is 2.61. The van der Waals surface area contributed by atoms with Gasteiger partial charge in [-0.3, -0.25) is 0 Å². The quantitative estimate of drug-likeness (QED) is 0.704. The van der Waals surface area contributed by atoms with Gasteiger partial charge in [-0.05, 0) is 31.2 Å². The van der Waals surface area contributed by atoms with Crippen LogP contribution < -0.4 is 19.1 Å². The second-order valence-electron chi connectivity index (χ2n) is 6.55. The van der Waals surface area contributed by atoms with E-state index in [1.807, 2.05) is 24.3 Å². The molecule has 1 aliphatic rings.